The maximum atomic E-state index is 11.9. The van der Waals surface area contributed by atoms with Gasteiger partial charge in [-0.3, -0.25) is 9.79 Å². The molecule has 3 rings (SSSR count). The lowest BCUT2D eigenvalue weighted by molar-refractivity contribution is -0.123. The second-order valence-corrected chi connectivity index (χ2v) is 7.59. The number of nitrogens with zero attached hydrogens (tertiary/aromatic N) is 2. The molecule has 1 aliphatic heterocycles. The van der Waals surface area contributed by atoms with Crippen LogP contribution in [0.25, 0.3) is 0 Å². The van der Waals surface area contributed by atoms with E-state index in [4.69, 9.17) is 16.3 Å². The zero-order valence-corrected chi connectivity index (χ0v) is 17.0. The summed E-state index contributed by atoms with van der Waals surface area (Å²) in [6.45, 7) is 2.59. The molecule has 0 aromatic heterocycles. The van der Waals surface area contributed by atoms with Crippen LogP contribution in [0.4, 0.5) is 5.69 Å². The van der Waals surface area contributed by atoms with Crippen molar-refractivity contribution in [1.29, 1.82) is 0 Å². The van der Waals surface area contributed by atoms with Gasteiger partial charge >= 0.3 is 0 Å². The van der Waals surface area contributed by atoms with Crippen LogP contribution < -0.4 is 15.5 Å². The quantitative estimate of drug-likeness (QED) is 0.547. The van der Waals surface area contributed by atoms with Gasteiger partial charge < -0.3 is 10.1 Å². The van der Waals surface area contributed by atoms with Gasteiger partial charge in [-0.2, -0.15) is 5.10 Å². The number of carbonyl (C=O) groups excluding carboxylic acids is 1. The van der Waals surface area contributed by atoms with Crippen molar-refractivity contribution >= 4 is 45.8 Å². The molecule has 0 fully saturated rings. The van der Waals surface area contributed by atoms with Crippen molar-refractivity contribution in [3.63, 3.8) is 0 Å². The first kappa shape index (κ1) is 20.2. The van der Waals surface area contributed by atoms with Crippen molar-refractivity contribution in [2.45, 2.75) is 13.3 Å². The molecular weight excluding hydrogens is 396 g/mol. The summed E-state index contributed by atoms with van der Waals surface area (Å²) in [5.41, 5.74) is 5.10. The number of amides is 1. The van der Waals surface area contributed by atoms with E-state index in [2.05, 4.69) is 20.8 Å². The molecule has 0 atom stereocenters. The Labute approximate surface area is 173 Å². The zero-order chi connectivity index (χ0) is 19.8. The minimum Gasteiger partial charge on any atom is -0.484 e. The van der Waals surface area contributed by atoms with E-state index in [9.17, 15) is 4.79 Å². The van der Waals surface area contributed by atoms with Crippen molar-refractivity contribution in [2.75, 3.05) is 24.2 Å². The van der Waals surface area contributed by atoms with E-state index in [1.54, 1.807) is 36.0 Å². The molecule has 28 heavy (non-hydrogen) atoms. The highest BCUT2D eigenvalue weighted by molar-refractivity contribution is 8.14. The molecule has 6 nitrogen and oxygen atoms in total. The Morgan fingerprint density at radius 1 is 1.21 bits per heavy atom. The van der Waals surface area contributed by atoms with Crippen molar-refractivity contribution in [1.82, 2.24) is 5.43 Å². The van der Waals surface area contributed by atoms with Crippen molar-refractivity contribution in [3.05, 3.63) is 59.1 Å². The Morgan fingerprint density at radius 3 is 2.64 bits per heavy atom. The zero-order valence-electron chi connectivity index (χ0n) is 15.4. The Bertz CT molecular complexity index is 867. The normalized spacial score (nSPS) is 14.2. The fourth-order valence-electron chi connectivity index (χ4n) is 2.38. The second-order valence-electron chi connectivity index (χ2n) is 6.07. The maximum absolute atomic E-state index is 11.9. The first-order chi connectivity index (χ1) is 13.6. The highest BCUT2D eigenvalue weighted by Crippen LogP contribution is 2.17. The van der Waals surface area contributed by atoms with Gasteiger partial charge in [0.25, 0.3) is 5.91 Å². The minimum absolute atomic E-state index is 0.124. The van der Waals surface area contributed by atoms with Crippen LogP contribution in [0.1, 0.15) is 18.9 Å². The average molecular weight is 417 g/mol. The molecule has 1 heterocycles. The number of anilines is 1. The number of amidine groups is 1. The number of hydrogen-bond acceptors (Lipinski definition) is 6. The molecule has 0 unspecified atom stereocenters. The Kier molecular flexibility index (Phi) is 7.33. The van der Waals surface area contributed by atoms with Crippen molar-refractivity contribution < 1.29 is 9.53 Å². The molecule has 0 radical (unpaired) electrons. The van der Waals surface area contributed by atoms with Crippen LogP contribution in [0.2, 0.25) is 5.02 Å². The van der Waals surface area contributed by atoms with Gasteiger partial charge in [0.15, 0.2) is 11.8 Å². The lowest BCUT2D eigenvalue weighted by atomic mass is 10.1. The summed E-state index contributed by atoms with van der Waals surface area (Å²) in [6.07, 6.45) is 1.13. The molecule has 2 aromatic rings. The van der Waals surface area contributed by atoms with Gasteiger partial charge in [-0.05, 0) is 55.3 Å². The van der Waals surface area contributed by atoms with E-state index < -0.39 is 0 Å². The largest absolute Gasteiger partial charge is 0.484 e. The van der Waals surface area contributed by atoms with Gasteiger partial charge in [-0.1, -0.05) is 35.5 Å². The van der Waals surface area contributed by atoms with Crippen LogP contribution in [0.3, 0.4) is 0 Å². The van der Waals surface area contributed by atoms with Gasteiger partial charge in [0.2, 0.25) is 0 Å². The molecular formula is C20H21ClN4O2S. The van der Waals surface area contributed by atoms with Gasteiger partial charge in [-0.15, -0.1) is 0 Å². The molecule has 1 amide bonds. The summed E-state index contributed by atoms with van der Waals surface area (Å²) >= 11 is 7.55. The number of rotatable bonds is 6. The molecule has 0 saturated carbocycles. The highest BCUT2D eigenvalue weighted by Gasteiger charge is 2.07. The van der Waals surface area contributed by atoms with Crippen LogP contribution in [-0.4, -0.2) is 35.7 Å². The lowest BCUT2D eigenvalue weighted by Gasteiger charge is -2.13. The van der Waals surface area contributed by atoms with Gasteiger partial charge in [0.05, 0.1) is 5.71 Å². The fourth-order valence-corrected chi connectivity index (χ4v) is 3.34. The molecule has 2 N–H and O–H groups in total. The summed E-state index contributed by atoms with van der Waals surface area (Å²) in [6, 6.07) is 14.7. The average Bonchev–Trinajstić information content (AvgIpc) is 2.73. The van der Waals surface area contributed by atoms with E-state index in [1.165, 1.54) is 0 Å². The topological polar surface area (TPSA) is 75.1 Å². The number of carbonyl (C=O) groups is 1. The lowest BCUT2D eigenvalue weighted by Crippen LogP contribution is -2.25. The van der Waals surface area contributed by atoms with Crippen LogP contribution in [0.15, 0.2) is 58.6 Å². The van der Waals surface area contributed by atoms with E-state index in [1.807, 2.05) is 31.2 Å². The van der Waals surface area contributed by atoms with Crippen molar-refractivity contribution in [3.8, 4) is 5.75 Å². The molecule has 146 valence electrons. The Balaban J connectivity index is 1.49. The van der Waals surface area contributed by atoms with E-state index in [-0.39, 0.29) is 12.5 Å². The third-order valence-corrected chi connectivity index (χ3v) is 5.13. The SMILES string of the molecule is C/C(=N/NC(=O)COc1ccc(Cl)cc1)c1ccc(NC2=NCCCS2)cc1. The van der Waals surface area contributed by atoms with Crippen LogP contribution in [-0.2, 0) is 4.79 Å². The number of thioether (sulfide) groups is 1. The van der Waals surface area contributed by atoms with Crippen molar-refractivity contribution in [2.24, 2.45) is 10.1 Å². The number of hydrazone groups is 1. The molecule has 0 spiro atoms. The number of ether oxygens (including phenoxy) is 1. The number of nitrogens with one attached hydrogen (secondary N) is 2. The number of halogens is 1. The third-order valence-electron chi connectivity index (χ3n) is 3.88. The summed E-state index contributed by atoms with van der Waals surface area (Å²) < 4.78 is 5.39. The summed E-state index contributed by atoms with van der Waals surface area (Å²) in [5, 5.41) is 9.02. The first-order valence-corrected chi connectivity index (χ1v) is 10.2. The Hall–Kier alpha value is -2.51. The van der Waals surface area contributed by atoms with Gasteiger partial charge in [0, 0.05) is 23.0 Å². The molecule has 8 heteroatoms. The van der Waals surface area contributed by atoms with Crippen LogP contribution in [0.5, 0.6) is 5.75 Å². The first-order valence-electron chi connectivity index (χ1n) is 8.86. The minimum atomic E-state index is -0.333. The molecule has 1 aliphatic rings. The molecule has 0 aliphatic carbocycles. The summed E-state index contributed by atoms with van der Waals surface area (Å²) in [4.78, 5) is 16.4. The van der Waals surface area contributed by atoms with Crippen LogP contribution in [0, 0.1) is 0 Å². The third kappa shape index (κ3) is 6.28. The summed E-state index contributed by atoms with van der Waals surface area (Å²) in [7, 11) is 0. The van der Waals surface area contributed by atoms with Crippen LogP contribution >= 0.6 is 23.4 Å². The molecule has 0 bridgehead atoms. The smallest absolute Gasteiger partial charge is 0.277 e. The molecule has 0 saturated heterocycles. The van der Waals surface area contributed by atoms with E-state index in [0.717, 1.165) is 35.1 Å². The standard InChI is InChI=1S/C20H21ClN4O2S/c1-14(24-25-19(26)13-27-18-9-5-16(21)6-10-18)15-3-7-17(8-4-15)23-20-22-11-2-12-28-20/h3-10H,2,11-13H2,1H3,(H,22,23)(H,25,26)/b24-14-. The highest BCUT2D eigenvalue weighted by atomic mass is 35.5. The maximum Gasteiger partial charge on any atom is 0.277 e. The molecule has 2 aromatic carbocycles. The van der Waals surface area contributed by atoms with E-state index in [0.29, 0.717) is 16.5 Å². The number of hydrogen-bond donors (Lipinski definition) is 2. The number of aliphatic imine (C=N–C) groups is 1. The predicted octanol–water partition coefficient (Wildman–Crippen LogP) is 4.16. The Morgan fingerprint density at radius 2 is 1.96 bits per heavy atom. The number of benzene rings is 2. The van der Waals surface area contributed by atoms with Gasteiger partial charge in [-0.25, -0.2) is 5.43 Å². The van der Waals surface area contributed by atoms with E-state index >= 15 is 0 Å². The fraction of sp³-hybridized carbons (Fsp3) is 0.250. The second kappa shape index (κ2) is 10.1. The van der Waals surface area contributed by atoms with Gasteiger partial charge in [0.1, 0.15) is 5.75 Å². The predicted molar refractivity (Wildman–Crippen MR) is 117 cm³/mol. The monoisotopic (exact) mass is 416 g/mol. The summed E-state index contributed by atoms with van der Waals surface area (Å²) in [5.74, 6) is 1.33.